The third kappa shape index (κ3) is 2.83. The largest absolute Gasteiger partial charge is 0.458 e. The van der Waals surface area contributed by atoms with E-state index in [1.165, 1.54) is 9.13 Å². The predicted molar refractivity (Wildman–Crippen MR) is 103 cm³/mol. The Labute approximate surface area is 160 Å². The first-order valence-electron chi connectivity index (χ1n) is 8.60. The van der Waals surface area contributed by atoms with Gasteiger partial charge >= 0.3 is 6.09 Å². The third-order valence-electron chi connectivity index (χ3n) is 4.89. The van der Waals surface area contributed by atoms with E-state index < -0.39 is 11.1 Å². The van der Waals surface area contributed by atoms with Crippen LogP contribution in [0.5, 0.6) is 0 Å². The lowest BCUT2D eigenvalue weighted by Gasteiger charge is -2.42. The minimum Gasteiger partial charge on any atom is -0.458 e. The molecule has 2 aliphatic heterocycles. The number of carbonyl (C=O) groups excluding carboxylic acids is 1. The van der Waals surface area contributed by atoms with E-state index in [1.54, 1.807) is 0 Å². The highest BCUT2D eigenvalue weighted by molar-refractivity contribution is 14.1. The second-order valence-electron chi connectivity index (χ2n) is 7.77. The van der Waals surface area contributed by atoms with Crippen molar-refractivity contribution in [3.63, 3.8) is 0 Å². The molecule has 1 unspecified atom stereocenters. The Balaban J connectivity index is 1.81. The van der Waals surface area contributed by atoms with Crippen molar-refractivity contribution < 1.29 is 18.7 Å². The molecule has 5 nitrogen and oxygen atoms in total. The molecular weight excluding hydrogens is 433 g/mol. The molecule has 0 saturated carbocycles. The van der Waals surface area contributed by atoms with E-state index in [9.17, 15) is 4.79 Å². The fourth-order valence-electron chi connectivity index (χ4n) is 3.83. The van der Waals surface area contributed by atoms with Crippen LogP contribution in [-0.4, -0.2) is 36.4 Å². The first-order valence-corrected chi connectivity index (χ1v) is 9.68. The van der Waals surface area contributed by atoms with E-state index in [2.05, 4.69) is 28.7 Å². The van der Waals surface area contributed by atoms with Crippen LogP contribution >= 0.6 is 22.6 Å². The fourth-order valence-corrected chi connectivity index (χ4v) is 4.33. The van der Waals surface area contributed by atoms with Gasteiger partial charge in [0.1, 0.15) is 22.5 Å². The molecule has 1 aromatic carbocycles. The van der Waals surface area contributed by atoms with Crippen molar-refractivity contribution in [3.8, 4) is 0 Å². The maximum Gasteiger partial charge on any atom is 0.411 e. The van der Waals surface area contributed by atoms with Gasteiger partial charge in [-0.25, -0.2) is 4.79 Å². The Hall–Kier alpha value is -1.28. The van der Waals surface area contributed by atoms with Crippen molar-refractivity contribution in [1.82, 2.24) is 4.90 Å². The summed E-state index contributed by atoms with van der Waals surface area (Å²) < 4.78 is 18.8. The highest BCUT2D eigenvalue weighted by Gasteiger charge is 2.52. The van der Waals surface area contributed by atoms with Crippen molar-refractivity contribution >= 4 is 39.7 Å². The molecule has 1 atom stereocenters. The molecule has 1 amide bonds. The summed E-state index contributed by atoms with van der Waals surface area (Å²) in [6.45, 7) is 7.36. The molecule has 2 aliphatic rings. The first-order chi connectivity index (χ1) is 11.8. The van der Waals surface area contributed by atoms with Crippen LogP contribution in [0.2, 0.25) is 0 Å². The minimum atomic E-state index is -0.555. The van der Waals surface area contributed by atoms with E-state index in [0.29, 0.717) is 19.8 Å². The zero-order valence-corrected chi connectivity index (χ0v) is 16.9. The number of rotatable bonds is 0. The van der Waals surface area contributed by atoms with Crippen molar-refractivity contribution in [2.75, 3.05) is 19.8 Å². The van der Waals surface area contributed by atoms with Gasteiger partial charge in [-0.15, -0.1) is 0 Å². The lowest BCUT2D eigenvalue weighted by Crippen LogP contribution is -2.54. The summed E-state index contributed by atoms with van der Waals surface area (Å²) in [4.78, 5) is 14.7. The summed E-state index contributed by atoms with van der Waals surface area (Å²) in [7, 11) is 0. The van der Waals surface area contributed by atoms with E-state index in [4.69, 9.17) is 13.9 Å². The van der Waals surface area contributed by atoms with Crippen molar-refractivity contribution in [2.45, 2.75) is 44.8 Å². The van der Waals surface area contributed by atoms with E-state index in [0.717, 1.165) is 29.6 Å². The van der Waals surface area contributed by atoms with Crippen molar-refractivity contribution in [3.05, 3.63) is 33.1 Å². The van der Waals surface area contributed by atoms with Crippen molar-refractivity contribution in [2.24, 2.45) is 0 Å². The lowest BCUT2D eigenvalue weighted by molar-refractivity contribution is -0.0172. The Morgan fingerprint density at radius 1 is 1.36 bits per heavy atom. The standard InChI is InChI=1S/C19H22INO4/c1-18(2,3)25-17(22)21-8-6-13-14-10-12(20)4-5-15(14)24-16(13)19(21)7-9-23-11-19/h4-5,10H,6-9,11H2,1-3H3. The second-order valence-corrected chi connectivity index (χ2v) is 9.01. The average molecular weight is 455 g/mol. The van der Waals surface area contributed by atoms with Gasteiger partial charge in [-0.05, 0) is 68.0 Å². The van der Waals surface area contributed by atoms with Gasteiger partial charge in [-0.1, -0.05) is 0 Å². The van der Waals surface area contributed by atoms with Crippen LogP contribution in [0.15, 0.2) is 22.6 Å². The molecule has 0 bridgehead atoms. The van der Waals surface area contributed by atoms with Crippen LogP contribution in [-0.2, 0) is 21.4 Å². The normalized spacial score (nSPS) is 23.3. The molecule has 0 N–H and O–H groups in total. The number of ether oxygens (including phenoxy) is 2. The number of hydrogen-bond donors (Lipinski definition) is 0. The predicted octanol–water partition coefficient (Wildman–Crippen LogP) is 4.45. The lowest BCUT2D eigenvalue weighted by atomic mass is 9.85. The number of amides is 1. The quantitative estimate of drug-likeness (QED) is 0.551. The van der Waals surface area contributed by atoms with Gasteiger partial charge in [0.05, 0.1) is 6.61 Å². The summed E-state index contributed by atoms with van der Waals surface area (Å²) in [6, 6.07) is 6.21. The zero-order valence-electron chi connectivity index (χ0n) is 14.7. The van der Waals surface area contributed by atoms with Gasteiger partial charge in [-0.2, -0.15) is 0 Å². The van der Waals surface area contributed by atoms with Gasteiger partial charge in [0.25, 0.3) is 0 Å². The smallest absolute Gasteiger partial charge is 0.411 e. The fraction of sp³-hybridized carbons (Fsp3) is 0.526. The van der Waals surface area contributed by atoms with Gasteiger partial charge in [-0.3, -0.25) is 4.90 Å². The Bertz CT molecular complexity index is 830. The number of halogens is 1. The molecule has 1 spiro atoms. The van der Waals surface area contributed by atoms with Crippen LogP contribution in [0.25, 0.3) is 11.0 Å². The van der Waals surface area contributed by atoms with Crippen LogP contribution in [0.4, 0.5) is 4.79 Å². The molecule has 2 aromatic rings. The maximum atomic E-state index is 12.9. The Morgan fingerprint density at radius 2 is 2.16 bits per heavy atom. The molecule has 1 saturated heterocycles. The monoisotopic (exact) mass is 455 g/mol. The van der Waals surface area contributed by atoms with E-state index >= 15 is 0 Å². The number of furan rings is 1. The summed E-state index contributed by atoms with van der Waals surface area (Å²) in [5.74, 6) is 0.874. The van der Waals surface area contributed by atoms with Crippen LogP contribution in [0, 0.1) is 3.57 Å². The van der Waals surface area contributed by atoms with E-state index in [-0.39, 0.29) is 6.09 Å². The molecule has 0 radical (unpaired) electrons. The summed E-state index contributed by atoms with van der Waals surface area (Å²) in [5.41, 5.74) is 1.00. The summed E-state index contributed by atoms with van der Waals surface area (Å²) in [5, 5.41) is 1.15. The second kappa shape index (κ2) is 5.87. The van der Waals surface area contributed by atoms with E-state index in [1.807, 2.05) is 37.8 Å². The highest BCUT2D eigenvalue weighted by Crippen LogP contribution is 2.46. The molecule has 25 heavy (non-hydrogen) atoms. The molecule has 6 heteroatoms. The third-order valence-corrected chi connectivity index (χ3v) is 5.56. The summed E-state index contributed by atoms with van der Waals surface area (Å²) >= 11 is 2.32. The first kappa shape index (κ1) is 17.1. The SMILES string of the molecule is CC(C)(C)OC(=O)N1CCc2c(oc3ccc(I)cc23)C12CCOC2. The number of fused-ring (bicyclic) bond motifs is 4. The summed E-state index contributed by atoms with van der Waals surface area (Å²) in [6.07, 6.45) is 1.21. The number of benzene rings is 1. The van der Waals surface area contributed by atoms with Crippen LogP contribution in [0.1, 0.15) is 38.5 Å². The topological polar surface area (TPSA) is 51.9 Å². The molecule has 3 heterocycles. The average Bonchev–Trinajstić information content (AvgIpc) is 3.12. The number of nitrogens with zero attached hydrogens (tertiary/aromatic N) is 1. The minimum absolute atomic E-state index is 0.293. The number of hydrogen-bond acceptors (Lipinski definition) is 4. The van der Waals surface area contributed by atoms with Gasteiger partial charge in [0, 0.05) is 34.1 Å². The molecule has 0 aliphatic carbocycles. The van der Waals surface area contributed by atoms with Crippen LogP contribution < -0.4 is 0 Å². The molecule has 1 aromatic heterocycles. The highest BCUT2D eigenvalue weighted by atomic mass is 127. The Kier molecular flexibility index (Phi) is 4.03. The zero-order chi connectivity index (χ0) is 17.8. The molecule has 1 fully saturated rings. The number of carbonyl (C=O) groups is 1. The van der Waals surface area contributed by atoms with Gasteiger partial charge in [0.2, 0.25) is 0 Å². The van der Waals surface area contributed by atoms with Gasteiger partial charge < -0.3 is 13.9 Å². The maximum absolute atomic E-state index is 12.9. The van der Waals surface area contributed by atoms with Crippen molar-refractivity contribution in [1.29, 1.82) is 0 Å². The molecular formula is C19H22INO4. The van der Waals surface area contributed by atoms with Crippen LogP contribution in [0.3, 0.4) is 0 Å². The molecule has 134 valence electrons. The van der Waals surface area contributed by atoms with Gasteiger partial charge in [0.15, 0.2) is 0 Å². The Morgan fingerprint density at radius 3 is 2.84 bits per heavy atom. The molecule has 4 rings (SSSR count).